The minimum atomic E-state index is 0.714. The van der Waals surface area contributed by atoms with Crippen molar-refractivity contribution in [2.24, 2.45) is 0 Å². The summed E-state index contributed by atoms with van der Waals surface area (Å²) in [7, 11) is 0. The second-order valence-electron chi connectivity index (χ2n) is 2.41. The molecular formula is C9H14N2O. The largest absolute Gasteiger partial charge is 0.476 e. The van der Waals surface area contributed by atoms with Gasteiger partial charge in [-0.3, -0.25) is 0 Å². The molecule has 0 unspecified atom stereocenters. The number of aryl methyl sites for hydroxylation is 1. The van der Waals surface area contributed by atoms with Gasteiger partial charge in [0.25, 0.3) is 0 Å². The van der Waals surface area contributed by atoms with Crippen LogP contribution in [0.4, 0.5) is 0 Å². The van der Waals surface area contributed by atoms with Gasteiger partial charge < -0.3 is 4.74 Å². The molecule has 0 spiro atoms. The maximum Gasteiger partial charge on any atom is 0.236 e. The number of rotatable bonds is 0. The van der Waals surface area contributed by atoms with Gasteiger partial charge in [0, 0.05) is 12.0 Å². The molecule has 0 saturated heterocycles. The van der Waals surface area contributed by atoms with Gasteiger partial charge in [-0.15, -0.1) is 5.10 Å². The number of hydrogen-bond donors (Lipinski definition) is 0. The van der Waals surface area contributed by atoms with Crippen molar-refractivity contribution in [3.63, 3.8) is 0 Å². The first-order valence-corrected chi connectivity index (χ1v) is 4.32. The molecule has 0 amide bonds. The molecule has 1 aromatic rings. The predicted molar refractivity (Wildman–Crippen MR) is 47.3 cm³/mol. The molecule has 2 rings (SSSR count). The van der Waals surface area contributed by atoms with E-state index in [0.717, 1.165) is 18.7 Å². The number of fused-ring (bicyclic) bond motifs is 1. The highest BCUT2D eigenvalue weighted by atomic mass is 16.5. The van der Waals surface area contributed by atoms with Crippen molar-refractivity contribution in [2.45, 2.75) is 27.2 Å². The van der Waals surface area contributed by atoms with Crippen LogP contribution < -0.4 is 4.74 Å². The number of nitrogens with zero attached hydrogens (tertiary/aromatic N) is 2. The fourth-order valence-electron chi connectivity index (χ4n) is 1.09. The van der Waals surface area contributed by atoms with Crippen LogP contribution in [0.15, 0.2) is 6.07 Å². The van der Waals surface area contributed by atoms with Crippen molar-refractivity contribution in [1.29, 1.82) is 0 Å². The van der Waals surface area contributed by atoms with Crippen LogP contribution in [-0.2, 0) is 6.42 Å². The molecule has 66 valence electrons. The van der Waals surface area contributed by atoms with Gasteiger partial charge in [0.05, 0.1) is 12.3 Å². The Balaban J connectivity index is 0.000000336. The summed E-state index contributed by atoms with van der Waals surface area (Å²) >= 11 is 0. The lowest BCUT2D eigenvalue weighted by Crippen LogP contribution is -1.90. The number of hydrogen-bond acceptors (Lipinski definition) is 3. The third-order valence-corrected chi connectivity index (χ3v) is 1.57. The van der Waals surface area contributed by atoms with E-state index in [1.54, 1.807) is 0 Å². The van der Waals surface area contributed by atoms with Crippen LogP contribution in [0.3, 0.4) is 0 Å². The van der Waals surface area contributed by atoms with E-state index in [1.807, 2.05) is 26.8 Å². The van der Waals surface area contributed by atoms with E-state index >= 15 is 0 Å². The highest BCUT2D eigenvalue weighted by molar-refractivity contribution is 5.29. The van der Waals surface area contributed by atoms with E-state index < -0.39 is 0 Å². The van der Waals surface area contributed by atoms with E-state index in [0.29, 0.717) is 5.88 Å². The number of aromatic nitrogens is 2. The van der Waals surface area contributed by atoms with Crippen LogP contribution in [0.1, 0.15) is 25.1 Å². The second kappa shape index (κ2) is 4.04. The van der Waals surface area contributed by atoms with Gasteiger partial charge >= 0.3 is 0 Å². The quantitative estimate of drug-likeness (QED) is 0.589. The first kappa shape index (κ1) is 8.97. The Bertz CT molecular complexity index is 261. The van der Waals surface area contributed by atoms with E-state index in [2.05, 4.69) is 10.2 Å². The summed E-state index contributed by atoms with van der Waals surface area (Å²) in [5, 5.41) is 7.76. The molecule has 2 heterocycles. The lowest BCUT2D eigenvalue weighted by atomic mass is 10.2. The number of ether oxygens (including phenoxy) is 1. The molecule has 0 fully saturated rings. The Kier molecular flexibility index (Phi) is 3.02. The molecule has 12 heavy (non-hydrogen) atoms. The zero-order valence-electron chi connectivity index (χ0n) is 7.79. The van der Waals surface area contributed by atoms with Crippen molar-refractivity contribution in [2.75, 3.05) is 6.61 Å². The summed E-state index contributed by atoms with van der Waals surface area (Å²) in [6.45, 7) is 6.69. The van der Waals surface area contributed by atoms with Crippen LogP contribution in [0.2, 0.25) is 0 Å². The van der Waals surface area contributed by atoms with Crippen molar-refractivity contribution in [3.05, 3.63) is 17.3 Å². The summed E-state index contributed by atoms with van der Waals surface area (Å²) < 4.78 is 5.18. The summed E-state index contributed by atoms with van der Waals surface area (Å²) in [5.41, 5.74) is 2.15. The molecule has 0 atom stereocenters. The van der Waals surface area contributed by atoms with Crippen LogP contribution in [0, 0.1) is 6.92 Å². The third kappa shape index (κ3) is 1.72. The summed E-state index contributed by atoms with van der Waals surface area (Å²) in [6.07, 6.45) is 0.978. The van der Waals surface area contributed by atoms with Crippen molar-refractivity contribution >= 4 is 0 Å². The molecule has 0 radical (unpaired) electrons. The normalized spacial score (nSPS) is 12.6. The van der Waals surface area contributed by atoms with Crippen LogP contribution in [0.5, 0.6) is 5.88 Å². The second-order valence-corrected chi connectivity index (χ2v) is 2.41. The molecule has 3 nitrogen and oxygen atoms in total. The molecule has 0 aromatic carbocycles. The maximum absolute atomic E-state index is 5.18. The fraction of sp³-hybridized carbons (Fsp3) is 0.556. The minimum absolute atomic E-state index is 0.714. The third-order valence-electron chi connectivity index (χ3n) is 1.57. The first-order chi connectivity index (χ1) is 5.86. The van der Waals surface area contributed by atoms with E-state index in [4.69, 9.17) is 4.74 Å². The van der Waals surface area contributed by atoms with Crippen LogP contribution in [-0.4, -0.2) is 16.8 Å². The van der Waals surface area contributed by atoms with Crippen LogP contribution in [0.25, 0.3) is 0 Å². The lowest BCUT2D eigenvalue weighted by molar-refractivity contribution is 0.341. The van der Waals surface area contributed by atoms with Crippen molar-refractivity contribution < 1.29 is 4.74 Å². The van der Waals surface area contributed by atoms with Crippen LogP contribution >= 0.6 is 0 Å². The molecule has 0 aliphatic carbocycles. The highest BCUT2D eigenvalue weighted by Crippen LogP contribution is 2.20. The highest BCUT2D eigenvalue weighted by Gasteiger charge is 2.12. The average Bonchev–Trinajstić information content (AvgIpc) is 2.54. The Morgan fingerprint density at radius 1 is 1.33 bits per heavy atom. The molecule has 1 aromatic heterocycles. The minimum Gasteiger partial charge on any atom is -0.476 e. The topological polar surface area (TPSA) is 35.0 Å². The Morgan fingerprint density at radius 2 is 2.08 bits per heavy atom. The van der Waals surface area contributed by atoms with Gasteiger partial charge in [-0.2, -0.15) is 5.10 Å². The SMILES string of the molecule is CC.Cc1cc2c(nn1)OCC2. The van der Waals surface area contributed by atoms with Crippen molar-refractivity contribution in [1.82, 2.24) is 10.2 Å². The van der Waals surface area contributed by atoms with Gasteiger partial charge in [0.2, 0.25) is 5.88 Å². The van der Waals surface area contributed by atoms with E-state index in [1.165, 1.54) is 5.56 Å². The molecule has 1 aliphatic rings. The predicted octanol–water partition coefficient (Wildman–Crippen LogP) is 1.75. The first-order valence-electron chi connectivity index (χ1n) is 4.32. The maximum atomic E-state index is 5.18. The Labute approximate surface area is 72.8 Å². The standard InChI is InChI=1S/C7H8N2O.C2H6/c1-5-4-6-2-3-10-7(6)9-8-5;1-2/h4H,2-3H2,1H3;1-2H3. The zero-order chi connectivity index (χ0) is 8.97. The van der Waals surface area contributed by atoms with Gasteiger partial charge in [-0.25, -0.2) is 0 Å². The fourth-order valence-corrected chi connectivity index (χ4v) is 1.09. The smallest absolute Gasteiger partial charge is 0.236 e. The molecular weight excluding hydrogens is 152 g/mol. The van der Waals surface area contributed by atoms with Gasteiger partial charge in [-0.05, 0) is 13.0 Å². The van der Waals surface area contributed by atoms with Crippen molar-refractivity contribution in [3.8, 4) is 5.88 Å². The summed E-state index contributed by atoms with van der Waals surface area (Å²) in [6, 6.07) is 2.02. The van der Waals surface area contributed by atoms with Gasteiger partial charge in [-0.1, -0.05) is 13.8 Å². The Hall–Kier alpha value is -1.12. The summed E-state index contributed by atoms with van der Waals surface area (Å²) in [4.78, 5) is 0. The molecule has 3 heteroatoms. The average molecular weight is 166 g/mol. The van der Waals surface area contributed by atoms with Gasteiger partial charge in [0.1, 0.15) is 0 Å². The molecule has 0 saturated carbocycles. The summed E-state index contributed by atoms with van der Waals surface area (Å²) in [5.74, 6) is 0.714. The van der Waals surface area contributed by atoms with E-state index in [-0.39, 0.29) is 0 Å². The lowest BCUT2D eigenvalue weighted by Gasteiger charge is -1.94. The Morgan fingerprint density at radius 3 is 2.83 bits per heavy atom. The molecule has 0 bridgehead atoms. The van der Waals surface area contributed by atoms with Gasteiger partial charge in [0.15, 0.2) is 0 Å². The van der Waals surface area contributed by atoms with E-state index in [9.17, 15) is 0 Å². The molecule has 1 aliphatic heterocycles. The zero-order valence-corrected chi connectivity index (χ0v) is 7.79. The molecule has 0 N–H and O–H groups in total. The monoisotopic (exact) mass is 166 g/mol.